The lowest BCUT2D eigenvalue weighted by Gasteiger charge is -2.06. The molecule has 0 saturated carbocycles. The quantitative estimate of drug-likeness (QED) is 0.617. The van der Waals surface area contributed by atoms with E-state index in [1.165, 1.54) is 6.33 Å². The van der Waals surface area contributed by atoms with Crippen molar-refractivity contribution >= 4 is 11.5 Å². The Hall–Kier alpha value is -3.61. The van der Waals surface area contributed by atoms with Crippen LogP contribution in [0.4, 0.5) is 11.5 Å². The predicted octanol–water partition coefficient (Wildman–Crippen LogP) is 3.33. The lowest BCUT2D eigenvalue weighted by Crippen LogP contribution is -1.96. The summed E-state index contributed by atoms with van der Waals surface area (Å²) in [5, 5.41) is 3.09. The molecule has 0 aromatic carbocycles. The molecule has 0 saturated heterocycles. The van der Waals surface area contributed by atoms with Gasteiger partial charge in [0.2, 0.25) is 0 Å². The molecule has 4 aromatic rings. The first-order chi connectivity index (χ1) is 11.9. The molecule has 4 heterocycles. The van der Waals surface area contributed by atoms with E-state index in [9.17, 15) is 0 Å². The maximum absolute atomic E-state index is 5.38. The van der Waals surface area contributed by atoms with Gasteiger partial charge in [0.25, 0.3) is 0 Å². The Labute approximate surface area is 137 Å². The first-order valence-corrected chi connectivity index (χ1v) is 7.23. The van der Waals surface area contributed by atoms with E-state index in [4.69, 9.17) is 4.42 Å². The monoisotopic (exact) mass is 316 g/mol. The fraction of sp³-hybridized carbons (Fsp3) is 0. The highest BCUT2D eigenvalue weighted by Gasteiger charge is 2.06. The highest BCUT2D eigenvalue weighted by Crippen LogP contribution is 2.23. The number of pyridine rings is 1. The molecular formula is C17H12N6O. The van der Waals surface area contributed by atoms with Gasteiger partial charge >= 0.3 is 0 Å². The van der Waals surface area contributed by atoms with Gasteiger partial charge in [-0.2, -0.15) is 0 Å². The Balaban J connectivity index is 1.58. The second-order valence-electron chi connectivity index (χ2n) is 4.95. The average Bonchev–Trinajstić information content (AvgIpc) is 3.18. The average molecular weight is 316 g/mol. The third-order valence-corrected chi connectivity index (χ3v) is 3.31. The van der Waals surface area contributed by atoms with Gasteiger partial charge in [-0.25, -0.2) is 15.0 Å². The number of nitrogens with one attached hydrogen (secondary N) is 1. The van der Waals surface area contributed by atoms with E-state index in [-0.39, 0.29) is 0 Å². The van der Waals surface area contributed by atoms with Crippen molar-refractivity contribution in [2.24, 2.45) is 0 Å². The van der Waals surface area contributed by atoms with Crippen molar-refractivity contribution in [3.05, 3.63) is 67.8 Å². The highest BCUT2D eigenvalue weighted by molar-refractivity contribution is 5.65. The number of hydrogen-bond donors (Lipinski definition) is 1. The number of nitrogens with zero attached hydrogens (tertiary/aromatic N) is 5. The Morgan fingerprint density at radius 3 is 2.54 bits per heavy atom. The third-order valence-electron chi connectivity index (χ3n) is 3.31. The Bertz CT molecular complexity index is 923. The Morgan fingerprint density at radius 2 is 1.79 bits per heavy atom. The summed E-state index contributed by atoms with van der Waals surface area (Å²) in [7, 11) is 0. The summed E-state index contributed by atoms with van der Waals surface area (Å²) in [6.07, 6.45) is 11.5. The van der Waals surface area contributed by atoms with Gasteiger partial charge in [0.15, 0.2) is 5.76 Å². The smallest absolute Gasteiger partial charge is 0.152 e. The molecule has 0 amide bonds. The van der Waals surface area contributed by atoms with Crippen molar-refractivity contribution in [1.29, 1.82) is 0 Å². The molecular weight excluding hydrogens is 304 g/mol. The molecule has 24 heavy (non-hydrogen) atoms. The van der Waals surface area contributed by atoms with Gasteiger partial charge in [-0.15, -0.1) is 0 Å². The first kappa shape index (κ1) is 14.0. The molecule has 0 radical (unpaired) electrons. The predicted molar refractivity (Wildman–Crippen MR) is 88.3 cm³/mol. The molecule has 1 N–H and O–H groups in total. The van der Waals surface area contributed by atoms with Gasteiger partial charge in [-0.05, 0) is 24.3 Å². The van der Waals surface area contributed by atoms with Crippen LogP contribution in [0.3, 0.4) is 0 Å². The molecule has 4 rings (SSSR count). The van der Waals surface area contributed by atoms with Crippen LogP contribution in [0.5, 0.6) is 0 Å². The van der Waals surface area contributed by atoms with Crippen molar-refractivity contribution in [3.8, 4) is 22.7 Å². The molecule has 0 aliphatic rings. The number of furan rings is 1. The molecule has 0 fully saturated rings. The number of rotatable bonds is 4. The van der Waals surface area contributed by atoms with Gasteiger partial charge in [-0.1, -0.05) is 0 Å². The fourth-order valence-corrected chi connectivity index (χ4v) is 2.20. The SMILES string of the molecule is c1coc(-c2cc(-c3cnc(Nc4cncnc4)cn3)ccn2)c1. The van der Waals surface area contributed by atoms with E-state index in [0.29, 0.717) is 11.6 Å². The van der Waals surface area contributed by atoms with Crippen LogP contribution in [0.1, 0.15) is 0 Å². The summed E-state index contributed by atoms with van der Waals surface area (Å²) in [5.74, 6) is 1.33. The zero-order valence-electron chi connectivity index (χ0n) is 12.5. The molecule has 0 bridgehead atoms. The van der Waals surface area contributed by atoms with Crippen molar-refractivity contribution in [2.45, 2.75) is 0 Å². The Morgan fingerprint density at radius 1 is 0.875 bits per heavy atom. The van der Waals surface area contributed by atoms with Crippen molar-refractivity contribution in [3.63, 3.8) is 0 Å². The summed E-state index contributed by atoms with van der Waals surface area (Å²) in [6, 6.07) is 7.50. The number of hydrogen-bond acceptors (Lipinski definition) is 7. The summed E-state index contributed by atoms with van der Waals surface area (Å²) in [4.78, 5) is 21.0. The van der Waals surface area contributed by atoms with Crippen LogP contribution >= 0.6 is 0 Å². The summed E-state index contributed by atoms with van der Waals surface area (Å²) in [5.41, 5.74) is 3.17. The molecule has 0 spiro atoms. The zero-order valence-corrected chi connectivity index (χ0v) is 12.5. The van der Waals surface area contributed by atoms with Gasteiger partial charge in [0.1, 0.15) is 17.8 Å². The fourth-order valence-electron chi connectivity index (χ4n) is 2.20. The molecule has 0 atom stereocenters. The van der Waals surface area contributed by atoms with Crippen LogP contribution < -0.4 is 5.32 Å². The molecule has 7 heteroatoms. The topological polar surface area (TPSA) is 89.6 Å². The van der Waals surface area contributed by atoms with Gasteiger partial charge in [-0.3, -0.25) is 9.97 Å². The van der Waals surface area contributed by atoms with E-state index in [0.717, 1.165) is 22.6 Å². The zero-order chi connectivity index (χ0) is 16.2. The lowest BCUT2D eigenvalue weighted by atomic mass is 10.1. The standard InChI is InChI=1S/C17H12N6O/c1-2-16(24-5-1)14-6-12(3-4-20-14)15-9-22-17(10-21-15)23-13-7-18-11-19-8-13/h1-11H,(H,22,23). The van der Waals surface area contributed by atoms with Gasteiger partial charge in [0.05, 0.1) is 42.4 Å². The summed E-state index contributed by atoms with van der Waals surface area (Å²) >= 11 is 0. The van der Waals surface area contributed by atoms with Crippen molar-refractivity contribution in [1.82, 2.24) is 24.9 Å². The summed E-state index contributed by atoms with van der Waals surface area (Å²) < 4.78 is 5.38. The lowest BCUT2D eigenvalue weighted by molar-refractivity contribution is 0.580. The van der Waals surface area contributed by atoms with Gasteiger partial charge < -0.3 is 9.73 Å². The molecule has 0 aliphatic heterocycles. The van der Waals surface area contributed by atoms with Crippen molar-refractivity contribution < 1.29 is 4.42 Å². The van der Waals surface area contributed by atoms with E-state index in [2.05, 4.69) is 30.2 Å². The number of aromatic nitrogens is 5. The molecule has 116 valence electrons. The van der Waals surface area contributed by atoms with E-state index in [1.54, 1.807) is 37.2 Å². The molecule has 0 aliphatic carbocycles. The largest absolute Gasteiger partial charge is 0.463 e. The maximum Gasteiger partial charge on any atom is 0.152 e. The Kier molecular flexibility index (Phi) is 3.65. The van der Waals surface area contributed by atoms with E-state index < -0.39 is 0 Å². The van der Waals surface area contributed by atoms with E-state index in [1.807, 2.05) is 24.3 Å². The van der Waals surface area contributed by atoms with Crippen LogP contribution in [0, 0.1) is 0 Å². The second kappa shape index (κ2) is 6.25. The first-order valence-electron chi connectivity index (χ1n) is 7.23. The molecule has 0 unspecified atom stereocenters. The highest BCUT2D eigenvalue weighted by atomic mass is 16.3. The minimum absolute atomic E-state index is 0.619. The van der Waals surface area contributed by atoms with Gasteiger partial charge in [0, 0.05) is 11.8 Å². The maximum atomic E-state index is 5.38. The molecule has 4 aromatic heterocycles. The van der Waals surface area contributed by atoms with Crippen LogP contribution in [0.2, 0.25) is 0 Å². The normalized spacial score (nSPS) is 10.5. The van der Waals surface area contributed by atoms with Crippen LogP contribution in [-0.4, -0.2) is 24.9 Å². The summed E-state index contributed by atoms with van der Waals surface area (Å²) in [6.45, 7) is 0. The minimum Gasteiger partial charge on any atom is -0.463 e. The van der Waals surface area contributed by atoms with Crippen LogP contribution in [0.15, 0.2) is 72.3 Å². The molecule has 7 nitrogen and oxygen atoms in total. The third kappa shape index (κ3) is 2.95. The van der Waals surface area contributed by atoms with Crippen LogP contribution in [-0.2, 0) is 0 Å². The second-order valence-corrected chi connectivity index (χ2v) is 4.95. The van der Waals surface area contributed by atoms with Crippen LogP contribution in [0.25, 0.3) is 22.7 Å². The van der Waals surface area contributed by atoms with Crippen molar-refractivity contribution in [2.75, 3.05) is 5.32 Å². The number of anilines is 2. The van der Waals surface area contributed by atoms with E-state index >= 15 is 0 Å². The minimum atomic E-state index is 0.619.